The van der Waals surface area contributed by atoms with Gasteiger partial charge in [-0.25, -0.2) is 4.79 Å². The van der Waals surface area contributed by atoms with Crippen molar-refractivity contribution in [3.63, 3.8) is 0 Å². The van der Waals surface area contributed by atoms with Gasteiger partial charge in [0.1, 0.15) is 14.2 Å². The van der Waals surface area contributed by atoms with Crippen LogP contribution in [0.4, 0.5) is 0 Å². The van der Waals surface area contributed by atoms with Gasteiger partial charge in [0.2, 0.25) is 0 Å². The molecule has 0 aliphatic rings. The molecular weight excluding hydrogens is 238 g/mol. The number of hydrogen-bond acceptors (Lipinski definition) is 5. The summed E-state index contributed by atoms with van der Waals surface area (Å²) in [5, 5.41) is 0. The van der Waals surface area contributed by atoms with Crippen LogP contribution in [0.1, 0.15) is 13.8 Å². The molecule has 0 aliphatic heterocycles. The fourth-order valence-corrected chi connectivity index (χ4v) is 0.813. The number of ether oxygens (including phenoxy) is 1. The first-order valence-corrected chi connectivity index (χ1v) is 4.48. The number of halogens is 1. The Hall–Kier alpha value is -0.660. The molecule has 6 nitrogen and oxygen atoms in total. The van der Waals surface area contributed by atoms with Crippen LogP contribution >= 0.6 is 0 Å². The Morgan fingerprint density at radius 3 is 2.12 bits per heavy atom. The SMILES string of the molecule is C=C(C)C(=O)OCO[N+](CC)(OC)OC.[Cl-]. The minimum Gasteiger partial charge on any atom is -1.00 e. The van der Waals surface area contributed by atoms with Crippen LogP contribution < -0.4 is 12.4 Å². The van der Waals surface area contributed by atoms with Crippen molar-refractivity contribution in [3.05, 3.63) is 12.2 Å². The zero-order valence-electron chi connectivity index (χ0n) is 9.99. The van der Waals surface area contributed by atoms with E-state index in [1.807, 2.05) is 0 Å². The largest absolute Gasteiger partial charge is 1.00 e. The monoisotopic (exact) mass is 255 g/mol. The van der Waals surface area contributed by atoms with Crippen LogP contribution in [-0.4, -0.2) is 38.5 Å². The van der Waals surface area contributed by atoms with Gasteiger partial charge < -0.3 is 17.1 Å². The number of carbonyl (C=O) groups excluding carboxylic acids is 1. The maximum absolute atomic E-state index is 11.0. The van der Waals surface area contributed by atoms with Gasteiger partial charge in [-0.05, 0) is 13.8 Å². The zero-order valence-corrected chi connectivity index (χ0v) is 10.7. The Bertz CT molecular complexity index is 222. The van der Waals surface area contributed by atoms with Crippen molar-refractivity contribution in [1.82, 2.24) is 0 Å². The predicted octanol–water partition coefficient (Wildman–Crippen LogP) is -2.04. The van der Waals surface area contributed by atoms with E-state index in [2.05, 4.69) is 6.58 Å². The Labute approximate surface area is 102 Å². The number of carbonyl (C=O) groups is 1. The second-order valence-corrected chi connectivity index (χ2v) is 2.75. The highest BCUT2D eigenvalue weighted by Gasteiger charge is 2.30. The average molecular weight is 256 g/mol. The molecule has 0 saturated heterocycles. The van der Waals surface area contributed by atoms with Crippen molar-refractivity contribution in [2.75, 3.05) is 27.6 Å². The van der Waals surface area contributed by atoms with E-state index in [1.165, 1.54) is 14.2 Å². The van der Waals surface area contributed by atoms with Crippen LogP contribution in [-0.2, 0) is 24.0 Å². The fraction of sp³-hybridized carbons (Fsp3) is 0.667. The van der Waals surface area contributed by atoms with E-state index in [0.29, 0.717) is 12.1 Å². The maximum atomic E-state index is 11.0. The normalized spacial score (nSPS) is 10.5. The van der Waals surface area contributed by atoms with Gasteiger partial charge in [-0.15, -0.1) is 9.68 Å². The van der Waals surface area contributed by atoms with Crippen molar-refractivity contribution in [3.8, 4) is 0 Å². The molecule has 0 amide bonds. The van der Waals surface area contributed by atoms with Gasteiger partial charge in [0.15, 0.2) is 6.54 Å². The molecule has 0 rings (SSSR count). The first-order valence-electron chi connectivity index (χ1n) is 4.48. The molecule has 0 aromatic rings. The van der Waals surface area contributed by atoms with E-state index in [9.17, 15) is 4.79 Å². The summed E-state index contributed by atoms with van der Waals surface area (Å²) in [6, 6.07) is 0. The average Bonchev–Trinajstić information content (AvgIpc) is 2.24. The summed E-state index contributed by atoms with van der Waals surface area (Å²) in [5.41, 5.74) is 0.308. The third kappa shape index (κ3) is 5.43. The Morgan fingerprint density at radius 1 is 1.31 bits per heavy atom. The molecule has 0 aliphatic carbocycles. The van der Waals surface area contributed by atoms with E-state index in [-0.39, 0.29) is 19.2 Å². The lowest BCUT2D eigenvalue weighted by Gasteiger charge is -2.24. The highest BCUT2D eigenvalue weighted by atomic mass is 35.5. The highest BCUT2D eigenvalue weighted by Crippen LogP contribution is 2.08. The Morgan fingerprint density at radius 2 is 1.81 bits per heavy atom. The number of quaternary nitrogens is 1. The van der Waals surface area contributed by atoms with Gasteiger partial charge in [0, 0.05) is 5.57 Å². The summed E-state index contributed by atoms with van der Waals surface area (Å²) in [4.78, 5) is 25.5. The number of rotatable bonds is 7. The van der Waals surface area contributed by atoms with Gasteiger partial charge >= 0.3 is 5.97 Å². The molecule has 7 heteroatoms. The molecule has 0 aromatic carbocycles. The van der Waals surface area contributed by atoms with E-state index in [1.54, 1.807) is 13.8 Å². The first kappa shape index (κ1) is 17.7. The summed E-state index contributed by atoms with van der Waals surface area (Å²) in [6.45, 7) is 6.94. The number of hydroxylamine groups is 3. The minimum absolute atomic E-state index is 0. The van der Waals surface area contributed by atoms with Crippen LogP contribution in [0.15, 0.2) is 12.2 Å². The predicted molar refractivity (Wildman–Crippen MR) is 51.7 cm³/mol. The van der Waals surface area contributed by atoms with E-state index >= 15 is 0 Å². The first-order chi connectivity index (χ1) is 7.01. The van der Waals surface area contributed by atoms with Crippen LogP contribution in [0.25, 0.3) is 0 Å². The van der Waals surface area contributed by atoms with E-state index < -0.39 is 10.9 Å². The van der Waals surface area contributed by atoms with Crippen molar-refractivity contribution in [1.29, 1.82) is 0 Å². The quantitative estimate of drug-likeness (QED) is 0.173. The molecule has 0 spiro atoms. The molecule has 16 heavy (non-hydrogen) atoms. The lowest BCUT2D eigenvalue weighted by Crippen LogP contribution is -3.00. The lowest BCUT2D eigenvalue weighted by molar-refractivity contribution is -1.36. The second kappa shape index (κ2) is 8.49. The zero-order chi connectivity index (χ0) is 11.9. The topological polar surface area (TPSA) is 54.0 Å². The molecule has 0 unspecified atom stereocenters. The standard InChI is InChI=1S/C9H18NO5.ClH/c1-6-10(12-4,13-5)15-7-14-9(11)8(2)3;/h2,6-7H2,1,3-5H3;1H/q+1;/p-1. The van der Waals surface area contributed by atoms with E-state index in [4.69, 9.17) is 19.2 Å². The third-order valence-electron chi connectivity index (χ3n) is 1.73. The van der Waals surface area contributed by atoms with Gasteiger partial charge in [-0.2, -0.15) is 0 Å². The van der Waals surface area contributed by atoms with Crippen molar-refractivity contribution >= 4 is 5.97 Å². The Kier molecular flexibility index (Phi) is 9.40. The molecule has 96 valence electrons. The van der Waals surface area contributed by atoms with Crippen LogP contribution in [0.5, 0.6) is 0 Å². The maximum Gasteiger partial charge on any atom is 0.335 e. The molecular formula is C9H18ClNO5. The minimum atomic E-state index is -0.517. The van der Waals surface area contributed by atoms with Gasteiger partial charge in [0.25, 0.3) is 6.79 Å². The number of esters is 1. The molecule has 0 N–H and O–H groups in total. The third-order valence-corrected chi connectivity index (χ3v) is 1.73. The van der Waals surface area contributed by atoms with Crippen molar-refractivity contribution < 1.29 is 41.4 Å². The lowest BCUT2D eigenvalue weighted by atomic mass is 10.4. The summed E-state index contributed by atoms with van der Waals surface area (Å²) in [7, 11) is 2.85. The van der Waals surface area contributed by atoms with Crippen LogP contribution in [0.3, 0.4) is 0 Å². The number of nitrogens with zero attached hydrogens (tertiary/aromatic N) is 1. The molecule has 0 saturated carbocycles. The molecule has 0 bridgehead atoms. The summed E-state index contributed by atoms with van der Waals surface area (Å²) >= 11 is 0. The summed E-state index contributed by atoms with van der Waals surface area (Å²) in [6.07, 6.45) is 0. The fourth-order valence-electron chi connectivity index (χ4n) is 0.813. The molecule has 0 atom stereocenters. The van der Waals surface area contributed by atoms with Gasteiger partial charge in [-0.3, -0.25) is 0 Å². The second-order valence-electron chi connectivity index (χ2n) is 2.75. The van der Waals surface area contributed by atoms with Crippen molar-refractivity contribution in [2.45, 2.75) is 13.8 Å². The smallest absolute Gasteiger partial charge is 0.335 e. The van der Waals surface area contributed by atoms with Crippen LogP contribution in [0, 0.1) is 0 Å². The van der Waals surface area contributed by atoms with E-state index in [0.717, 1.165) is 0 Å². The Balaban J connectivity index is 0. The van der Waals surface area contributed by atoms with Crippen molar-refractivity contribution in [2.24, 2.45) is 0 Å². The number of hydrogen-bond donors (Lipinski definition) is 0. The van der Waals surface area contributed by atoms with Gasteiger partial charge in [-0.1, -0.05) is 11.4 Å². The van der Waals surface area contributed by atoms with Crippen LogP contribution in [0.2, 0.25) is 0 Å². The summed E-state index contributed by atoms with van der Waals surface area (Å²) < 4.78 is 4.73. The molecule has 0 radical (unpaired) electrons. The molecule has 0 fully saturated rings. The van der Waals surface area contributed by atoms with Gasteiger partial charge in [0.05, 0.1) is 4.97 Å². The summed E-state index contributed by atoms with van der Waals surface area (Å²) in [5.74, 6) is -0.517. The molecule has 0 heterocycles. The molecule has 0 aromatic heterocycles. The highest BCUT2D eigenvalue weighted by molar-refractivity contribution is 5.86.